The van der Waals surface area contributed by atoms with E-state index in [1.54, 1.807) is 0 Å². The molecule has 0 N–H and O–H groups in total. The second-order valence-corrected chi connectivity index (χ2v) is 6.02. The lowest BCUT2D eigenvalue weighted by Crippen LogP contribution is -2.31. The molecule has 0 aromatic heterocycles. The molecule has 2 heterocycles. The summed E-state index contributed by atoms with van der Waals surface area (Å²) in [5, 5.41) is 7.87. The number of rotatable bonds is 1. The highest BCUT2D eigenvalue weighted by atomic mass is 32.2. The molecule has 0 unspecified atom stereocenters. The topological polar surface area (TPSA) is 58.9 Å². The molecule has 1 saturated heterocycles. The molecular formula is C7H12N2O2S. The number of sulfone groups is 1. The van der Waals surface area contributed by atoms with E-state index in [9.17, 15) is 8.42 Å². The highest BCUT2D eigenvalue weighted by Crippen LogP contribution is 2.41. The zero-order chi connectivity index (χ0) is 8.82. The molecule has 5 heteroatoms. The summed E-state index contributed by atoms with van der Waals surface area (Å²) in [7, 11) is -2.73. The van der Waals surface area contributed by atoms with Crippen molar-refractivity contribution in [1.29, 1.82) is 0 Å². The first kappa shape index (κ1) is 8.16. The molecule has 12 heavy (non-hydrogen) atoms. The molecule has 0 atom stereocenters. The van der Waals surface area contributed by atoms with Gasteiger partial charge in [0.15, 0.2) is 5.66 Å². The first-order valence-electron chi connectivity index (χ1n) is 4.16. The molecular weight excluding hydrogens is 176 g/mol. The molecule has 0 aromatic rings. The van der Waals surface area contributed by atoms with Crippen LogP contribution in [0.15, 0.2) is 10.2 Å². The van der Waals surface area contributed by atoms with Crippen molar-refractivity contribution in [3.63, 3.8) is 0 Å². The van der Waals surface area contributed by atoms with E-state index in [0.717, 1.165) is 12.8 Å². The summed E-state index contributed by atoms with van der Waals surface area (Å²) >= 11 is 0. The normalized spacial score (nSPS) is 31.8. The van der Waals surface area contributed by atoms with Crippen LogP contribution in [-0.4, -0.2) is 25.6 Å². The molecule has 0 saturated carbocycles. The Morgan fingerprint density at radius 1 is 1.25 bits per heavy atom. The van der Waals surface area contributed by atoms with Crippen molar-refractivity contribution in [2.45, 2.75) is 25.4 Å². The Morgan fingerprint density at radius 3 is 2.17 bits per heavy atom. The van der Waals surface area contributed by atoms with Gasteiger partial charge in [-0.05, 0) is 19.8 Å². The lowest BCUT2D eigenvalue weighted by molar-refractivity contribution is 0.362. The van der Waals surface area contributed by atoms with Crippen LogP contribution in [0.1, 0.15) is 19.8 Å². The average Bonchev–Trinajstić information content (AvgIpc) is 2.68. The van der Waals surface area contributed by atoms with Crippen LogP contribution in [0, 0.1) is 5.92 Å². The van der Waals surface area contributed by atoms with E-state index < -0.39 is 9.84 Å². The van der Waals surface area contributed by atoms with Crippen LogP contribution in [0.4, 0.5) is 0 Å². The van der Waals surface area contributed by atoms with Crippen molar-refractivity contribution in [2.75, 3.05) is 11.5 Å². The van der Waals surface area contributed by atoms with E-state index in [2.05, 4.69) is 10.2 Å². The third-order valence-corrected chi connectivity index (χ3v) is 4.46. The van der Waals surface area contributed by atoms with Crippen molar-refractivity contribution in [2.24, 2.45) is 16.1 Å². The summed E-state index contributed by atoms with van der Waals surface area (Å²) in [6.07, 6.45) is 1.46. The number of nitrogens with zero attached hydrogens (tertiary/aromatic N) is 2. The standard InChI is InChI=1S/C7H12N2O2S/c1-7(8-9-7)6-2-4-12(10,11)5-3-6/h6H,2-5H2,1H3. The van der Waals surface area contributed by atoms with Crippen LogP contribution in [0.5, 0.6) is 0 Å². The Bertz CT molecular complexity index is 300. The third-order valence-electron chi connectivity index (χ3n) is 2.74. The molecule has 0 spiro atoms. The first-order chi connectivity index (χ1) is 5.52. The Hall–Kier alpha value is -0.450. The van der Waals surface area contributed by atoms with Gasteiger partial charge in [0, 0.05) is 5.92 Å². The number of hydrogen-bond donors (Lipinski definition) is 0. The van der Waals surface area contributed by atoms with E-state index in [4.69, 9.17) is 0 Å². The van der Waals surface area contributed by atoms with Crippen LogP contribution < -0.4 is 0 Å². The van der Waals surface area contributed by atoms with Crippen molar-refractivity contribution in [3.05, 3.63) is 0 Å². The van der Waals surface area contributed by atoms with Crippen molar-refractivity contribution in [3.8, 4) is 0 Å². The number of hydrogen-bond acceptors (Lipinski definition) is 4. The van der Waals surface area contributed by atoms with Gasteiger partial charge in [0.25, 0.3) is 0 Å². The van der Waals surface area contributed by atoms with Crippen molar-refractivity contribution >= 4 is 9.84 Å². The minimum absolute atomic E-state index is 0.226. The zero-order valence-corrected chi connectivity index (χ0v) is 7.84. The van der Waals surface area contributed by atoms with Gasteiger partial charge in [0.05, 0.1) is 11.5 Å². The van der Waals surface area contributed by atoms with E-state index in [0.29, 0.717) is 17.4 Å². The Morgan fingerprint density at radius 2 is 1.75 bits per heavy atom. The van der Waals surface area contributed by atoms with Gasteiger partial charge in [-0.1, -0.05) is 0 Å². The molecule has 68 valence electrons. The van der Waals surface area contributed by atoms with Crippen molar-refractivity contribution < 1.29 is 8.42 Å². The summed E-state index contributed by atoms with van der Waals surface area (Å²) in [6.45, 7) is 1.97. The summed E-state index contributed by atoms with van der Waals surface area (Å²) < 4.78 is 22.2. The molecule has 2 rings (SSSR count). The molecule has 0 aromatic carbocycles. The van der Waals surface area contributed by atoms with E-state index in [1.807, 2.05) is 6.92 Å². The average molecular weight is 188 g/mol. The fourth-order valence-corrected chi connectivity index (χ4v) is 3.17. The largest absolute Gasteiger partial charge is 0.229 e. The van der Waals surface area contributed by atoms with Gasteiger partial charge in [-0.2, -0.15) is 10.2 Å². The van der Waals surface area contributed by atoms with E-state index in [1.165, 1.54) is 0 Å². The molecule has 2 aliphatic rings. The summed E-state index contributed by atoms with van der Waals surface area (Å²) in [4.78, 5) is 0. The second-order valence-electron chi connectivity index (χ2n) is 3.72. The maximum Gasteiger partial charge on any atom is 0.191 e. The lowest BCUT2D eigenvalue weighted by atomic mass is 9.92. The van der Waals surface area contributed by atoms with Gasteiger partial charge in [0.2, 0.25) is 0 Å². The Labute approximate surface area is 72.0 Å². The van der Waals surface area contributed by atoms with Crippen LogP contribution in [-0.2, 0) is 9.84 Å². The minimum atomic E-state index is -2.73. The first-order valence-corrected chi connectivity index (χ1v) is 5.98. The highest BCUT2D eigenvalue weighted by Gasteiger charge is 2.45. The molecule has 1 fully saturated rings. The van der Waals surface area contributed by atoms with Crippen LogP contribution in [0.2, 0.25) is 0 Å². The second kappa shape index (κ2) is 2.28. The Balaban J connectivity index is 1.99. The van der Waals surface area contributed by atoms with Gasteiger partial charge >= 0.3 is 0 Å². The molecule has 0 aliphatic carbocycles. The quantitative estimate of drug-likeness (QED) is 0.616. The summed E-state index contributed by atoms with van der Waals surface area (Å²) in [5.41, 5.74) is -0.226. The maximum absolute atomic E-state index is 11.1. The molecule has 0 bridgehead atoms. The Kier molecular flexibility index (Phi) is 1.55. The van der Waals surface area contributed by atoms with Crippen LogP contribution in [0.25, 0.3) is 0 Å². The lowest BCUT2D eigenvalue weighted by Gasteiger charge is -2.23. The molecule has 2 aliphatic heterocycles. The van der Waals surface area contributed by atoms with Gasteiger partial charge in [-0.25, -0.2) is 8.42 Å². The molecule has 0 amide bonds. The monoisotopic (exact) mass is 188 g/mol. The maximum atomic E-state index is 11.1. The van der Waals surface area contributed by atoms with E-state index in [-0.39, 0.29) is 5.66 Å². The summed E-state index contributed by atoms with van der Waals surface area (Å²) in [6, 6.07) is 0. The fraction of sp³-hybridized carbons (Fsp3) is 1.00. The molecule has 4 nitrogen and oxygen atoms in total. The zero-order valence-electron chi connectivity index (χ0n) is 7.02. The predicted octanol–water partition coefficient (Wildman–Crippen LogP) is 0.993. The van der Waals surface area contributed by atoms with Crippen LogP contribution in [0.3, 0.4) is 0 Å². The van der Waals surface area contributed by atoms with Crippen LogP contribution >= 0.6 is 0 Å². The van der Waals surface area contributed by atoms with Gasteiger partial charge in [-0.15, -0.1) is 0 Å². The van der Waals surface area contributed by atoms with Gasteiger partial charge in [-0.3, -0.25) is 0 Å². The van der Waals surface area contributed by atoms with Gasteiger partial charge in [0.1, 0.15) is 9.84 Å². The fourth-order valence-electron chi connectivity index (χ4n) is 1.68. The predicted molar refractivity (Wildman–Crippen MR) is 44.6 cm³/mol. The van der Waals surface area contributed by atoms with Gasteiger partial charge < -0.3 is 0 Å². The van der Waals surface area contributed by atoms with E-state index >= 15 is 0 Å². The third kappa shape index (κ3) is 1.37. The molecule has 0 radical (unpaired) electrons. The smallest absolute Gasteiger partial charge is 0.191 e. The highest BCUT2D eigenvalue weighted by molar-refractivity contribution is 7.91. The van der Waals surface area contributed by atoms with Crippen molar-refractivity contribution in [1.82, 2.24) is 0 Å². The minimum Gasteiger partial charge on any atom is -0.229 e. The summed E-state index contributed by atoms with van der Waals surface area (Å²) in [5.74, 6) is 0.998. The SMILES string of the molecule is CC1(C2CCS(=O)(=O)CC2)N=N1.